The standard InChI is InChI=1S/C21H25N3O4/c1-13-9-17-15(11-19(25)28-18(17)10-14(13)2)12-23-5-7-24(8-6-23)21(27)20(26)22-16-3-4-16/h9-11,16H,3-8,12H2,1-2H3,(H,22,26). The Morgan fingerprint density at radius 3 is 2.43 bits per heavy atom. The van der Waals surface area contributed by atoms with Crippen molar-refractivity contribution in [3.05, 3.63) is 45.3 Å². The Hall–Kier alpha value is -2.67. The van der Waals surface area contributed by atoms with Gasteiger partial charge in [0.05, 0.1) is 0 Å². The van der Waals surface area contributed by atoms with Crippen molar-refractivity contribution in [1.29, 1.82) is 0 Å². The Labute approximate surface area is 163 Å². The molecule has 1 saturated carbocycles. The molecule has 1 saturated heterocycles. The van der Waals surface area contributed by atoms with Gasteiger partial charge in [0.25, 0.3) is 0 Å². The van der Waals surface area contributed by atoms with Gasteiger partial charge in [-0.2, -0.15) is 0 Å². The molecule has 28 heavy (non-hydrogen) atoms. The highest BCUT2D eigenvalue weighted by molar-refractivity contribution is 6.35. The van der Waals surface area contributed by atoms with E-state index >= 15 is 0 Å². The number of carbonyl (C=O) groups is 2. The Kier molecular flexibility index (Phi) is 4.93. The highest BCUT2D eigenvalue weighted by Gasteiger charge is 2.30. The van der Waals surface area contributed by atoms with Crippen LogP contribution in [0, 0.1) is 13.8 Å². The number of nitrogens with one attached hydrogen (secondary N) is 1. The smallest absolute Gasteiger partial charge is 0.336 e. The van der Waals surface area contributed by atoms with E-state index in [1.165, 1.54) is 0 Å². The molecule has 1 N–H and O–H groups in total. The minimum Gasteiger partial charge on any atom is -0.423 e. The Morgan fingerprint density at radius 1 is 1.07 bits per heavy atom. The third-order valence-electron chi connectivity index (χ3n) is 5.60. The molecule has 2 aromatic rings. The van der Waals surface area contributed by atoms with Crippen LogP contribution in [0.3, 0.4) is 0 Å². The van der Waals surface area contributed by atoms with E-state index in [2.05, 4.69) is 16.3 Å². The molecule has 148 valence electrons. The summed E-state index contributed by atoms with van der Waals surface area (Å²) < 4.78 is 5.37. The van der Waals surface area contributed by atoms with E-state index < -0.39 is 11.8 Å². The normalized spacial score (nSPS) is 17.7. The van der Waals surface area contributed by atoms with Gasteiger partial charge in [0.1, 0.15) is 5.58 Å². The molecule has 0 atom stereocenters. The van der Waals surface area contributed by atoms with Crippen LogP contribution in [0.25, 0.3) is 11.0 Å². The van der Waals surface area contributed by atoms with Crippen molar-refractivity contribution in [3.8, 4) is 0 Å². The van der Waals surface area contributed by atoms with E-state index in [1.807, 2.05) is 19.9 Å². The molecule has 7 heteroatoms. The first-order valence-electron chi connectivity index (χ1n) is 9.77. The van der Waals surface area contributed by atoms with Crippen molar-refractivity contribution in [1.82, 2.24) is 15.1 Å². The van der Waals surface area contributed by atoms with E-state index in [1.54, 1.807) is 11.0 Å². The summed E-state index contributed by atoms with van der Waals surface area (Å²) in [5, 5.41) is 3.70. The largest absolute Gasteiger partial charge is 0.423 e. The lowest BCUT2D eigenvalue weighted by Crippen LogP contribution is -2.52. The molecule has 2 amide bonds. The number of hydrogen-bond donors (Lipinski definition) is 1. The molecular formula is C21H25N3O4. The van der Waals surface area contributed by atoms with Crippen LogP contribution in [0.4, 0.5) is 0 Å². The third kappa shape index (κ3) is 3.94. The van der Waals surface area contributed by atoms with E-state index in [9.17, 15) is 14.4 Å². The summed E-state index contributed by atoms with van der Waals surface area (Å²) in [5.41, 5.74) is 3.43. The number of nitrogens with zero attached hydrogens (tertiary/aromatic N) is 2. The second-order valence-corrected chi connectivity index (χ2v) is 7.84. The predicted molar refractivity (Wildman–Crippen MR) is 105 cm³/mol. The van der Waals surface area contributed by atoms with Crippen molar-refractivity contribution in [2.75, 3.05) is 26.2 Å². The molecule has 7 nitrogen and oxygen atoms in total. The molecule has 2 aliphatic rings. The van der Waals surface area contributed by atoms with Crippen LogP contribution in [-0.4, -0.2) is 53.8 Å². The van der Waals surface area contributed by atoms with E-state index in [-0.39, 0.29) is 11.7 Å². The second kappa shape index (κ2) is 7.39. The summed E-state index contributed by atoms with van der Waals surface area (Å²) >= 11 is 0. The van der Waals surface area contributed by atoms with E-state index in [0.29, 0.717) is 38.3 Å². The molecule has 2 heterocycles. The first-order chi connectivity index (χ1) is 13.4. The Morgan fingerprint density at radius 2 is 1.75 bits per heavy atom. The van der Waals surface area contributed by atoms with Crippen LogP contribution in [0.5, 0.6) is 0 Å². The quantitative estimate of drug-likeness (QED) is 0.639. The fourth-order valence-corrected chi connectivity index (χ4v) is 3.58. The number of rotatable bonds is 3. The fourth-order valence-electron chi connectivity index (χ4n) is 3.58. The topological polar surface area (TPSA) is 82.9 Å². The molecule has 0 unspecified atom stereocenters. The number of aryl methyl sites for hydroxylation is 2. The molecule has 1 aliphatic carbocycles. The second-order valence-electron chi connectivity index (χ2n) is 7.84. The summed E-state index contributed by atoms with van der Waals surface area (Å²) in [6, 6.07) is 5.70. The van der Waals surface area contributed by atoms with Crippen LogP contribution < -0.4 is 10.9 Å². The number of fused-ring (bicyclic) bond motifs is 1. The lowest BCUT2D eigenvalue weighted by Gasteiger charge is -2.34. The molecule has 1 aromatic carbocycles. The van der Waals surface area contributed by atoms with Gasteiger partial charge in [0.15, 0.2) is 0 Å². The van der Waals surface area contributed by atoms with Gasteiger partial charge < -0.3 is 14.6 Å². The van der Waals surface area contributed by atoms with Crippen molar-refractivity contribution < 1.29 is 14.0 Å². The fraction of sp³-hybridized carbons (Fsp3) is 0.476. The minimum atomic E-state index is -0.492. The number of hydrogen-bond acceptors (Lipinski definition) is 5. The van der Waals surface area contributed by atoms with Gasteiger partial charge >= 0.3 is 17.4 Å². The van der Waals surface area contributed by atoms with Crippen LogP contribution in [0.1, 0.15) is 29.5 Å². The van der Waals surface area contributed by atoms with Crippen LogP contribution in [0.2, 0.25) is 0 Å². The van der Waals surface area contributed by atoms with Crippen LogP contribution >= 0.6 is 0 Å². The van der Waals surface area contributed by atoms with Crippen molar-refractivity contribution in [2.24, 2.45) is 0 Å². The van der Waals surface area contributed by atoms with Gasteiger partial charge in [-0.3, -0.25) is 14.5 Å². The average molecular weight is 383 g/mol. The highest BCUT2D eigenvalue weighted by Crippen LogP contribution is 2.23. The summed E-state index contributed by atoms with van der Waals surface area (Å²) in [5.74, 6) is -0.933. The summed E-state index contributed by atoms with van der Waals surface area (Å²) in [7, 11) is 0. The first-order valence-corrected chi connectivity index (χ1v) is 9.77. The zero-order valence-corrected chi connectivity index (χ0v) is 16.3. The molecule has 4 rings (SSSR count). The minimum absolute atomic E-state index is 0.183. The molecule has 2 fully saturated rings. The van der Waals surface area contributed by atoms with Gasteiger partial charge in [-0.05, 0) is 55.5 Å². The number of amides is 2. The summed E-state index contributed by atoms with van der Waals surface area (Å²) in [6.07, 6.45) is 1.93. The van der Waals surface area contributed by atoms with E-state index in [0.717, 1.165) is 34.9 Å². The monoisotopic (exact) mass is 383 g/mol. The maximum Gasteiger partial charge on any atom is 0.336 e. The average Bonchev–Trinajstić information content (AvgIpc) is 3.47. The lowest BCUT2D eigenvalue weighted by molar-refractivity contribution is -0.147. The zero-order valence-electron chi connectivity index (χ0n) is 16.3. The number of piperazine rings is 1. The summed E-state index contributed by atoms with van der Waals surface area (Å²) in [6.45, 7) is 6.99. The molecule has 1 aliphatic heterocycles. The van der Waals surface area contributed by atoms with Crippen LogP contribution in [-0.2, 0) is 16.1 Å². The van der Waals surface area contributed by atoms with E-state index in [4.69, 9.17) is 4.42 Å². The zero-order chi connectivity index (χ0) is 19.8. The summed E-state index contributed by atoms with van der Waals surface area (Å²) in [4.78, 5) is 40.0. The Bertz CT molecular complexity index is 985. The Balaban J connectivity index is 1.43. The number of carbonyl (C=O) groups excluding carboxylic acids is 2. The highest BCUT2D eigenvalue weighted by atomic mass is 16.4. The first kappa shape index (κ1) is 18.7. The maximum absolute atomic E-state index is 12.3. The SMILES string of the molecule is Cc1cc2oc(=O)cc(CN3CCN(C(=O)C(=O)NC4CC4)CC3)c2cc1C. The molecule has 0 radical (unpaired) electrons. The van der Waals surface area contributed by atoms with Gasteiger partial charge in [-0.15, -0.1) is 0 Å². The van der Waals surface area contributed by atoms with Gasteiger partial charge in [0.2, 0.25) is 0 Å². The van der Waals surface area contributed by atoms with Crippen molar-refractivity contribution in [3.63, 3.8) is 0 Å². The molecule has 0 bridgehead atoms. The molecule has 1 aromatic heterocycles. The van der Waals surface area contributed by atoms with Gasteiger partial charge in [0, 0.05) is 50.2 Å². The third-order valence-corrected chi connectivity index (χ3v) is 5.60. The molecular weight excluding hydrogens is 358 g/mol. The predicted octanol–water partition coefficient (Wildman–Crippen LogP) is 1.33. The number of benzene rings is 1. The van der Waals surface area contributed by atoms with Crippen molar-refractivity contribution in [2.45, 2.75) is 39.3 Å². The van der Waals surface area contributed by atoms with Gasteiger partial charge in [-0.1, -0.05) is 0 Å². The maximum atomic E-state index is 12.3. The van der Waals surface area contributed by atoms with Gasteiger partial charge in [-0.25, -0.2) is 4.79 Å². The lowest BCUT2D eigenvalue weighted by atomic mass is 10.0. The molecule has 0 spiro atoms. The van der Waals surface area contributed by atoms with Crippen molar-refractivity contribution >= 4 is 22.8 Å². The van der Waals surface area contributed by atoms with Crippen LogP contribution in [0.15, 0.2) is 27.4 Å².